The summed E-state index contributed by atoms with van der Waals surface area (Å²) in [5, 5.41) is 16.8. The van der Waals surface area contributed by atoms with E-state index in [0.717, 1.165) is 44.1 Å². The zero-order valence-corrected chi connectivity index (χ0v) is 20.0. The number of alkyl halides is 3. The van der Waals surface area contributed by atoms with Crippen LogP contribution in [0.1, 0.15) is 38.2 Å². The third-order valence-corrected chi connectivity index (χ3v) is 5.36. The van der Waals surface area contributed by atoms with E-state index in [9.17, 15) is 18.3 Å². The van der Waals surface area contributed by atoms with E-state index in [1.165, 1.54) is 25.0 Å². The first-order chi connectivity index (χ1) is 14.3. The fraction of sp³-hybridized carbons (Fsp3) is 0.667. The number of hydrogen-bond acceptors (Lipinski definition) is 4. The molecule has 1 aliphatic heterocycles. The lowest BCUT2D eigenvalue weighted by atomic mass is 10.1. The van der Waals surface area contributed by atoms with Crippen molar-refractivity contribution in [1.82, 2.24) is 15.5 Å². The van der Waals surface area contributed by atoms with Crippen LogP contribution in [0.5, 0.6) is 5.75 Å². The number of nitrogens with zero attached hydrogens (tertiary/aromatic N) is 2. The molecular formula is C21H32F3IN4O2. The maximum Gasteiger partial charge on any atom is 0.416 e. The van der Waals surface area contributed by atoms with Crippen LogP contribution in [0.3, 0.4) is 0 Å². The average molecular weight is 556 g/mol. The van der Waals surface area contributed by atoms with Crippen molar-refractivity contribution in [1.29, 1.82) is 0 Å². The molecule has 1 saturated heterocycles. The highest BCUT2D eigenvalue weighted by Gasteiger charge is 2.32. The summed E-state index contributed by atoms with van der Waals surface area (Å²) in [5.41, 5.74) is -0.732. The van der Waals surface area contributed by atoms with Crippen LogP contribution in [0.15, 0.2) is 29.3 Å². The number of hydrogen-bond donors (Lipinski definition) is 3. The summed E-state index contributed by atoms with van der Waals surface area (Å²) in [6.45, 7) is 4.99. The number of aliphatic hydroxyl groups excluding tert-OH is 1. The van der Waals surface area contributed by atoms with Gasteiger partial charge in [-0.2, -0.15) is 13.2 Å². The fourth-order valence-corrected chi connectivity index (χ4v) is 3.54. The monoisotopic (exact) mass is 556 g/mol. The maximum atomic E-state index is 12.6. The Balaban J connectivity index is 0.00000341. The van der Waals surface area contributed by atoms with Gasteiger partial charge in [-0.25, -0.2) is 0 Å². The standard InChI is InChI=1S/C21H31F3N4O2.HI/c1-2-25-20(27-16-9-11-28(12-10-16)17-5-6-17)26-13-18(29)14-30-19-7-3-15(4-8-19)21(22,23)24;/h3-4,7-8,16-18,29H,2,5-6,9-14H2,1H3,(H2,25,26,27);1H. The van der Waals surface area contributed by atoms with Crippen LogP contribution >= 0.6 is 24.0 Å². The number of benzene rings is 1. The molecule has 0 bridgehead atoms. The second-order valence-corrected chi connectivity index (χ2v) is 7.89. The third-order valence-electron chi connectivity index (χ3n) is 5.36. The smallest absolute Gasteiger partial charge is 0.416 e. The maximum absolute atomic E-state index is 12.6. The number of aliphatic imine (C=N–C) groups is 1. The number of rotatable bonds is 8. The van der Waals surface area contributed by atoms with Crippen LogP contribution in [0.4, 0.5) is 13.2 Å². The van der Waals surface area contributed by atoms with E-state index < -0.39 is 17.8 Å². The lowest BCUT2D eigenvalue weighted by molar-refractivity contribution is -0.137. The molecule has 3 rings (SSSR count). The first-order valence-electron chi connectivity index (χ1n) is 10.6. The molecule has 10 heteroatoms. The molecule has 0 amide bonds. The highest BCUT2D eigenvalue weighted by Crippen LogP contribution is 2.30. The minimum absolute atomic E-state index is 0. The van der Waals surface area contributed by atoms with Gasteiger partial charge >= 0.3 is 6.18 Å². The van der Waals surface area contributed by atoms with Gasteiger partial charge in [0.1, 0.15) is 18.5 Å². The first-order valence-corrected chi connectivity index (χ1v) is 10.6. The summed E-state index contributed by atoms with van der Waals surface area (Å²) in [4.78, 5) is 6.99. The van der Waals surface area contributed by atoms with E-state index in [1.54, 1.807) is 0 Å². The Hall–Kier alpha value is -1.27. The van der Waals surface area contributed by atoms with Gasteiger partial charge in [0.05, 0.1) is 12.1 Å². The van der Waals surface area contributed by atoms with Crippen LogP contribution in [-0.4, -0.2) is 66.9 Å². The second kappa shape index (κ2) is 12.1. The van der Waals surface area contributed by atoms with Crippen molar-refractivity contribution in [3.63, 3.8) is 0 Å². The second-order valence-electron chi connectivity index (χ2n) is 7.89. The first kappa shape index (κ1) is 26.0. The Morgan fingerprint density at radius 3 is 2.39 bits per heavy atom. The number of nitrogens with one attached hydrogen (secondary N) is 2. The summed E-state index contributed by atoms with van der Waals surface area (Å²) < 4.78 is 43.1. The van der Waals surface area contributed by atoms with E-state index in [0.29, 0.717) is 18.5 Å². The summed E-state index contributed by atoms with van der Waals surface area (Å²) in [5.74, 6) is 0.939. The van der Waals surface area contributed by atoms with Gasteiger partial charge in [-0.3, -0.25) is 4.99 Å². The molecule has 6 nitrogen and oxygen atoms in total. The molecule has 1 atom stereocenters. The Morgan fingerprint density at radius 1 is 1.19 bits per heavy atom. The van der Waals surface area contributed by atoms with Crippen LogP contribution in [-0.2, 0) is 6.18 Å². The molecule has 0 radical (unpaired) electrons. The summed E-state index contributed by atoms with van der Waals surface area (Å²) in [6.07, 6.45) is -0.444. The van der Waals surface area contributed by atoms with Crippen LogP contribution in [0.25, 0.3) is 0 Å². The third kappa shape index (κ3) is 8.64. The van der Waals surface area contributed by atoms with Crippen LogP contribution < -0.4 is 15.4 Å². The van der Waals surface area contributed by atoms with Crippen molar-refractivity contribution in [2.45, 2.75) is 57.0 Å². The largest absolute Gasteiger partial charge is 0.491 e. The van der Waals surface area contributed by atoms with Gasteiger partial charge in [0.2, 0.25) is 0 Å². The predicted molar refractivity (Wildman–Crippen MR) is 125 cm³/mol. The molecule has 1 heterocycles. The van der Waals surface area contributed by atoms with Gasteiger partial charge in [-0.15, -0.1) is 24.0 Å². The minimum atomic E-state index is -4.38. The summed E-state index contributed by atoms with van der Waals surface area (Å²) >= 11 is 0. The topological polar surface area (TPSA) is 69.1 Å². The Kier molecular flexibility index (Phi) is 10.1. The minimum Gasteiger partial charge on any atom is -0.491 e. The number of piperidine rings is 1. The lowest BCUT2D eigenvalue weighted by Gasteiger charge is -2.33. The van der Waals surface area contributed by atoms with Crippen molar-refractivity contribution in [2.24, 2.45) is 4.99 Å². The molecule has 0 aromatic heterocycles. The molecule has 2 fully saturated rings. The van der Waals surface area contributed by atoms with E-state index in [-0.39, 0.29) is 42.9 Å². The molecule has 1 aromatic carbocycles. The molecule has 1 aromatic rings. The quantitative estimate of drug-likeness (QED) is 0.261. The van der Waals surface area contributed by atoms with Crippen molar-refractivity contribution in [2.75, 3.05) is 32.8 Å². The molecule has 176 valence electrons. The van der Waals surface area contributed by atoms with Gasteiger partial charge in [-0.1, -0.05) is 0 Å². The SMILES string of the molecule is CCNC(=NCC(O)COc1ccc(C(F)(F)F)cc1)NC1CCN(C2CC2)CC1.I. The van der Waals surface area contributed by atoms with Crippen molar-refractivity contribution in [3.8, 4) is 5.75 Å². The molecule has 1 aliphatic carbocycles. The highest BCUT2D eigenvalue weighted by molar-refractivity contribution is 14.0. The Bertz CT molecular complexity index is 691. The zero-order chi connectivity index (χ0) is 21.6. The highest BCUT2D eigenvalue weighted by atomic mass is 127. The Morgan fingerprint density at radius 2 is 1.84 bits per heavy atom. The molecule has 1 unspecified atom stereocenters. The summed E-state index contributed by atoms with van der Waals surface area (Å²) in [7, 11) is 0. The van der Waals surface area contributed by atoms with E-state index in [1.807, 2.05) is 6.92 Å². The van der Waals surface area contributed by atoms with E-state index in [2.05, 4.69) is 20.5 Å². The molecule has 31 heavy (non-hydrogen) atoms. The van der Waals surface area contributed by atoms with Crippen molar-refractivity contribution < 1.29 is 23.0 Å². The van der Waals surface area contributed by atoms with E-state index >= 15 is 0 Å². The number of aliphatic hydroxyl groups is 1. The van der Waals surface area contributed by atoms with E-state index in [4.69, 9.17) is 4.74 Å². The van der Waals surface area contributed by atoms with Crippen molar-refractivity contribution in [3.05, 3.63) is 29.8 Å². The Labute approximate surface area is 198 Å². The number of likely N-dealkylation sites (tertiary alicyclic amines) is 1. The lowest BCUT2D eigenvalue weighted by Crippen LogP contribution is -2.49. The van der Waals surface area contributed by atoms with Gasteiger partial charge < -0.3 is 25.4 Å². The number of halogens is 4. The number of ether oxygens (including phenoxy) is 1. The van der Waals surface area contributed by atoms with Crippen molar-refractivity contribution >= 4 is 29.9 Å². The van der Waals surface area contributed by atoms with Gasteiger partial charge in [0.15, 0.2) is 5.96 Å². The normalized spacial score (nSPS) is 19.5. The molecule has 3 N–H and O–H groups in total. The van der Waals surface area contributed by atoms with Crippen LogP contribution in [0, 0.1) is 0 Å². The van der Waals surface area contributed by atoms with Crippen LogP contribution in [0.2, 0.25) is 0 Å². The molecular weight excluding hydrogens is 524 g/mol. The zero-order valence-electron chi connectivity index (χ0n) is 17.7. The van der Waals surface area contributed by atoms with Gasteiger partial charge in [0.25, 0.3) is 0 Å². The predicted octanol–water partition coefficient (Wildman–Crippen LogP) is 3.25. The van der Waals surface area contributed by atoms with Gasteiger partial charge in [0, 0.05) is 31.7 Å². The molecule has 2 aliphatic rings. The van der Waals surface area contributed by atoms with Gasteiger partial charge in [-0.05, 0) is 56.9 Å². The summed E-state index contributed by atoms with van der Waals surface area (Å²) in [6, 6.07) is 5.58. The number of guanidine groups is 1. The average Bonchev–Trinajstić information content (AvgIpc) is 3.56. The molecule has 1 saturated carbocycles. The molecule has 0 spiro atoms. The fourth-order valence-electron chi connectivity index (χ4n) is 3.54.